The summed E-state index contributed by atoms with van der Waals surface area (Å²) in [5.74, 6) is -0.618. The van der Waals surface area contributed by atoms with Crippen molar-refractivity contribution >= 4 is 5.97 Å². The summed E-state index contributed by atoms with van der Waals surface area (Å²) in [6.07, 6.45) is 0.812. The molecule has 2 rings (SSSR count). The zero-order chi connectivity index (χ0) is 11.0. The van der Waals surface area contributed by atoms with E-state index in [1.807, 2.05) is 0 Å². The van der Waals surface area contributed by atoms with Crippen molar-refractivity contribution in [3.63, 3.8) is 0 Å². The second kappa shape index (κ2) is 3.55. The highest BCUT2D eigenvalue weighted by molar-refractivity contribution is 5.91. The van der Waals surface area contributed by atoms with Crippen LogP contribution < -0.4 is 4.74 Å². The van der Waals surface area contributed by atoms with Gasteiger partial charge in [-0.05, 0) is 24.5 Å². The molecule has 15 heavy (non-hydrogen) atoms. The molecule has 2 N–H and O–H groups in total. The Morgan fingerprint density at radius 3 is 2.87 bits per heavy atom. The monoisotopic (exact) mass is 208 g/mol. The highest BCUT2D eigenvalue weighted by Crippen LogP contribution is 2.38. The van der Waals surface area contributed by atoms with Gasteiger partial charge < -0.3 is 14.9 Å². The number of aromatic carboxylic acids is 1. The van der Waals surface area contributed by atoms with Crippen LogP contribution in [0, 0.1) is 0 Å². The molecule has 0 fully saturated rings. The SMILES string of the molecule is COc1c(C(=O)O)ccc2c1CCC2O. The van der Waals surface area contributed by atoms with Crippen LogP contribution in [0.4, 0.5) is 0 Å². The summed E-state index contributed by atoms with van der Waals surface area (Å²) in [5.41, 5.74) is 1.77. The molecule has 0 spiro atoms. The molecule has 4 heteroatoms. The summed E-state index contributed by atoms with van der Waals surface area (Å²) < 4.78 is 5.11. The van der Waals surface area contributed by atoms with E-state index in [2.05, 4.69) is 0 Å². The normalized spacial score (nSPS) is 18.7. The molecule has 0 saturated heterocycles. The maximum atomic E-state index is 10.9. The second-order valence-electron chi connectivity index (χ2n) is 3.57. The predicted octanol–water partition coefficient (Wildman–Crippen LogP) is 1.37. The third kappa shape index (κ3) is 1.47. The molecule has 1 aliphatic rings. The van der Waals surface area contributed by atoms with Crippen LogP contribution in [0.25, 0.3) is 0 Å². The molecule has 0 aliphatic heterocycles. The van der Waals surface area contributed by atoms with Gasteiger partial charge in [0.2, 0.25) is 0 Å². The lowest BCUT2D eigenvalue weighted by Crippen LogP contribution is -2.03. The van der Waals surface area contributed by atoms with Gasteiger partial charge in [0.1, 0.15) is 11.3 Å². The van der Waals surface area contributed by atoms with E-state index < -0.39 is 12.1 Å². The first kappa shape index (κ1) is 9.98. The number of benzene rings is 1. The molecule has 0 heterocycles. The lowest BCUT2D eigenvalue weighted by molar-refractivity contribution is 0.0693. The molecule has 0 saturated carbocycles. The van der Waals surface area contributed by atoms with E-state index in [1.54, 1.807) is 6.07 Å². The van der Waals surface area contributed by atoms with Gasteiger partial charge >= 0.3 is 5.97 Å². The molecule has 1 unspecified atom stereocenters. The van der Waals surface area contributed by atoms with Crippen LogP contribution in [-0.2, 0) is 6.42 Å². The number of hydrogen-bond donors (Lipinski definition) is 2. The molecule has 0 aromatic heterocycles. The number of carbonyl (C=O) groups is 1. The van der Waals surface area contributed by atoms with Gasteiger partial charge in [-0.3, -0.25) is 0 Å². The number of hydrogen-bond acceptors (Lipinski definition) is 3. The zero-order valence-corrected chi connectivity index (χ0v) is 8.36. The average molecular weight is 208 g/mol. The van der Waals surface area contributed by atoms with Gasteiger partial charge in [-0.15, -0.1) is 0 Å². The number of fused-ring (bicyclic) bond motifs is 1. The van der Waals surface area contributed by atoms with Crippen molar-refractivity contribution in [2.24, 2.45) is 0 Å². The first-order valence-electron chi connectivity index (χ1n) is 4.76. The topological polar surface area (TPSA) is 66.8 Å². The number of aliphatic hydroxyl groups is 1. The Morgan fingerprint density at radius 2 is 2.27 bits per heavy atom. The number of ether oxygens (including phenoxy) is 1. The molecule has 0 amide bonds. The van der Waals surface area contributed by atoms with E-state index in [0.717, 1.165) is 11.1 Å². The van der Waals surface area contributed by atoms with E-state index in [0.29, 0.717) is 18.6 Å². The molecule has 4 nitrogen and oxygen atoms in total. The molecule has 80 valence electrons. The fourth-order valence-electron chi connectivity index (χ4n) is 2.05. The lowest BCUT2D eigenvalue weighted by Gasteiger charge is -2.11. The number of rotatable bonds is 2. The van der Waals surface area contributed by atoms with Gasteiger partial charge in [0, 0.05) is 5.56 Å². The highest BCUT2D eigenvalue weighted by atomic mass is 16.5. The van der Waals surface area contributed by atoms with Crippen LogP contribution in [0.1, 0.15) is 34.0 Å². The molecular weight excluding hydrogens is 196 g/mol. The van der Waals surface area contributed by atoms with Crippen LogP contribution in [0.15, 0.2) is 12.1 Å². The quantitative estimate of drug-likeness (QED) is 0.770. The summed E-state index contributed by atoms with van der Waals surface area (Å²) >= 11 is 0. The maximum Gasteiger partial charge on any atom is 0.339 e. The van der Waals surface area contributed by atoms with E-state index in [9.17, 15) is 9.90 Å². The van der Waals surface area contributed by atoms with Crippen molar-refractivity contribution in [1.29, 1.82) is 0 Å². The van der Waals surface area contributed by atoms with E-state index in [4.69, 9.17) is 9.84 Å². The Morgan fingerprint density at radius 1 is 1.53 bits per heavy atom. The lowest BCUT2D eigenvalue weighted by atomic mass is 10.0. The van der Waals surface area contributed by atoms with Gasteiger partial charge in [-0.1, -0.05) is 6.07 Å². The van der Waals surface area contributed by atoms with Crippen LogP contribution in [0.5, 0.6) is 5.75 Å². The van der Waals surface area contributed by atoms with Crippen molar-refractivity contribution in [3.8, 4) is 5.75 Å². The van der Waals surface area contributed by atoms with Gasteiger partial charge in [0.05, 0.1) is 13.2 Å². The van der Waals surface area contributed by atoms with Gasteiger partial charge in [0.25, 0.3) is 0 Å². The van der Waals surface area contributed by atoms with Crippen LogP contribution >= 0.6 is 0 Å². The molecule has 0 bridgehead atoms. The first-order chi connectivity index (χ1) is 7.15. The number of carboxylic acid groups (broad SMARTS) is 1. The summed E-state index contributed by atoms with van der Waals surface area (Å²) in [5, 5.41) is 18.6. The Labute approximate surface area is 87.1 Å². The van der Waals surface area contributed by atoms with E-state index in [1.165, 1.54) is 13.2 Å². The van der Waals surface area contributed by atoms with Crippen LogP contribution in [0.2, 0.25) is 0 Å². The average Bonchev–Trinajstić information content (AvgIpc) is 2.59. The summed E-state index contributed by atoms with van der Waals surface area (Å²) in [7, 11) is 1.45. The Hall–Kier alpha value is -1.55. The highest BCUT2D eigenvalue weighted by Gasteiger charge is 2.26. The maximum absolute atomic E-state index is 10.9. The minimum atomic E-state index is -1.00. The third-order valence-corrected chi connectivity index (χ3v) is 2.76. The Balaban J connectivity index is 2.60. The third-order valence-electron chi connectivity index (χ3n) is 2.76. The smallest absolute Gasteiger partial charge is 0.339 e. The predicted molar refractivity (Wildman–Crippen MR) is 53.2 cm³/mol. The van der Waals surface area contributed by atoms with Crippen LogP contribution in [-0.4, -0.2) is 23.3 Å². The number of aliphatic hydroxyl groups excluding tert-OH is 1. The van der Waals surface area contributed by atoms with E-state index in [-0.39, 0.29) is 5.56 Å². The standard InChI is InChI=1S/C11H12O4/c1-15-10-7-4-5-9(12)6(7)2-3-8(10)11(13)14/h2-3,9,12H,4-5H2,1H3,(H,13,14). The largest absolute Gasteiger partial charge is 0.496 e. The minimum Gasteiger partial charge on any atom is -0.496 e. The van der Waals surface area contributed by atoms with Crippen molar-refractivity contribution in [2.45, 2.75) is 18.9 Å². The molecule has 0 radical (unpaired) electrons. The Bertz CT molecular complexity index is 411. The Kier molecular flexibility index (Phi) is 2.36. The van der Waals surface area contributed by atoms with E-state index >= 15 is 0 Å². The fourth-order valence-corrected chi connectivity index (χ4v) is 2.05. The number of carboxylic acids is 1. The van der Waals surface area contributed by atoms with Crippen molar-refractivity contribution < 1.29 is 19.7 Å². The zero-order valence-electron chi connectivity index (χ0n) is 8.36. The molecule has 1 aliphatic carbocycles. The van der Waals surface area contributed by atoms with Gasteiger partial charge in [-0.2, -0.15) is 0 Å². The molecule has 1 aromatic rings. The molecule has 1 atom stereocenters. The summed E-state index contributed by atoms with van der Waals surface area (Å²) in [6, 6.07) is 3.15. The number of methoxy groups -OCH3 is 1. The minimum absolute atomic E-state index is 0.158. The fraction of sp³-hybridized carbons (Fsp3) is 0.364. The first-order valence-corrected chi connectivity index (χ1v) is 4.76. The molecule has 1 aromatic carbocycles. The summed E-state index contributed by atoms with van der Waals surface area (Å²) in [6.45, 7) is 0. The van der Waals surface area contributed by atoms with Gasteiger partial charge in [-0.25, -0.2) is 4.79 Å². The van der Waals surface area contributed by atoms with Crippen LogP contribution in [0.3, 0.4) is 0 Å². The molecular formula is C11H12O4. The van der Waals surface area contributed by atoms with Crippen molar-refractivity contribution in [3.05, 3.63) is 28.8 Å². The summed E-state index contributed by atoms with van der Waals surface area (Å²) in [4.78, 5) is 10.9. The van der Waals surface area contributed by atoms with Crippen molar-refractivity contribution in [2.75, 3.05) is 7.11 Å². The van der Waals surface area contributed by atoms with Crippen molar-refractivity contribution in [1.82, 2.24) is 0 Å². The van der Waals surface area contributed by atoms with Gasteiger partial charge in [0.15, 0.2) is 0 Å². The second-order valence-corrected chi connectivity index (χ2v) is 3.57.